The molecule has 2 aromatic carbocycles. The first kappa shape index (κ1) is 13.8. The fourth-order valence-corrected chi connectivity index (χ4v) is 2.71. The number of ether oxygens (including phenoxy) is 2. The van der Waals surface area contributed by atoms with Crippen LogP contribution in [0, 0.1) is 0 Å². The largest absolute Gasteiger partial charge is 0.454 e. The molecule has 23 heavy (non-hydrogen) atoms. The van der Waals surface area contributed by atoms with Crippen molar-refractivity contribution >= 4 is 34.1 Å². The Morgan fingerprint density at radius 2 is 2.04 bits per heavy atom. The maximum atomic E-state index is 12.4. The van der Waals surface area contributed by atoms with Gasteiger partial charge in [0.25, 0.3) is 5.91 Å². The number of fused-ring (bicyclic) bond motifs is 2. The lowest BCUT2D eigenvalue weighted by atomic mass is 10.1. The number of pyridine rings is 1. The SMILES string of the molecule is O=C(Nc1cnc2ccccc2c1)c1cc(Cl)c2c(c1)OCO2. The van der Waals surface area contributed by atoms with Crippen molar-refractivity contribution in [3.8, 4) is 11.5 Å². The van der Waals surface area contributed by atoms with Crippen LogP contribution >= 0.6 is 11.6 Å². The van der Waals surface area contributed by atoms with Crippen molar-refractivity contribution in [3.63, 3.8) is 0 Å². The van der Waals surface area contributed by atoms with Gasteiger partial charge in [0.1, 0.15) is 0 Å². The number of para-hydroxylation sites is 1. The second kappa shape index (κ2) is 5.44. The number of anilines is 1. The highest BCUT2D eigenvalue weighted by atomic mass is 35.5. The van der Waals surface area contributed by atoms with Crippen LogP contribution in [-0.4, -0.2) is 17.7 Å². The van der Waals surface area contributed by atoms with Crippen LogP contribution in [0.3, 0.4) is 0 Å². The van der Waals surface area contributed by atoms with E-state index in [0.717, 1.165) is 10.9 Å². The molecule has 0 atom stereocenters. The fraction of sp³-hybridized carbons (Fsp3) is 0.0588. The van der Waals surface area contributed by atoms with Crippen LogP contribution in [-0.2, 0) is 0 Å². The van der Waals surface area contributed by atoms with Crippen molar-refractivity contribution in [2.24, 2.45) is 0 Å². The smallest absolute Gasteiger partial charge is 0.255 e. The first-order chi connectivity index (χ1) is 11.2. The van der Waals surface area contributed by atoms with Crippen LogP contribution in [0.5, 0.6) is 11.5 Å². The van der Waals surface area contributed by atoms with E-state index in [0.29, 0.717) is 27.8 Å². The van der Waals surface area contributed by atoms with Crippen LogP contribution in [0.25, 0.3) is 10.9 Å². The zero-order valence-electron chi connectivity index (χ0n) is 11.9. The van der Waals surface area contributed by atoms with Gasteiger partial charge in [0.15, 0.2) is 11.5 Å². The fourth-order valence-electron chi connectivity index (χ4n) is 2.44. The Labute approximate surface area is 136 Å². The summed E-state index contributed by atoms with van der Waals surface area (Å²) in [6, 6.07) is 12.7. The lowest BCUT2D eigenvalue weighted by Gasteiger charge is -2.07. The minimum absolute atomic E-state index is 0.106. The normalized spacial score (nSPS) is 12.4. The van der Waals surface area contributed by atoms with E-state index < -0.39 is 0 Å². The number of nitrogens with zero attached hydrogens (tertiary/aromatic N) is 1. The summed E-state index contributed by atoms with van der Waals surface area (Å²) in [7, 11) is 0. The summed E-state index contributed by atoms with van der Waals surface area (Å²) >= 11 is 6.10. The van der Waals surface area contributed by atoms with Crippen molar-refractivity contribution in [1.29, 1.82) is 0 Å². The molecule has 0 radical (unpaired) electrons. The number of amides is 1. The highest BCUT2D eigenvalue weighted by Gasteiger charge is 2.20. The first-order valence-corrected chi connectivity index (χ1v) is 7.34. The van der Waals surface area contributed by atoms with Crippen molar-refractivity contribution in [1.82, 2.24) is 4.98 Å². The molecule has 1 amide bonds. The highest BCUT2D eigenvalue weighted by molar-refractivity contribution is 6.32. The number of nitrogens with one attached hydrogen (secondary N) is 1. The number of carbonyl (C=O) groups excluding carboxylic acids is 1. The second-order valence-corrected chi connectivity index (χ2v) is 5.47. The van der Waals surface area contributed by atoms with E-state index >= 15 is 0 Å². The molecule has 0 saturated carbocycles. The molecule has 0 saturated heterocycles. The average Bonchev–Trinajstić information content (AvgIpc) is 3.04. The average molecular weight is 327 g/mol. The minimum Gasteiger partial charge on any atom is -0.454 e. The molecular weight excluding hydrogens is 316 g/mol. The summed E-state index contributed by atoms with van der Waals surface area (Å²) in [5.74, 6) is 0.650. The Morgan fingerprint density at radius 1 is 1.17 bits per heavy atom. The number of benzene rings is 2. The van der Waals surface area contributed by atoms with Gasteiger partial charge in [-0.05, 0) is 24.3 Å². The Morgan fingerprint density at radius 3 is 2.96 bits per heavy atom. The van der Waals surface area contributed by atoms with Crippen LogP contribution < -0.4 is 14.8 Å². The van der Waals surface area contributed by atoms with Crippen LogP contribution in [0.15, 0.2) is 48.7 Å². The van der Waals surface area contributed by atoms with Gasteiger partial charge in [0, 0.05) is 10.9 Å². The van der Waals surface area contributed by atoms with Crippen molar-refractivity contribution in [2.75, 3.05) is 12.1 Å². The van der Waals surface area contributed by atoms with Gasteiger partial charge >= 0.3 is 0 Å². The zero-order valence-corrected chi connectivity index (χ0v) is 12.6. The molecule has 0 aliphatic carbocycles. The Balaban J connectivity index is 1.63. The molecule has 0 fully saturated rings. The van der Waals surface area contributed by atoms with E-state index in [4.69, 9.17) is 21.1 Å². The molecule has 5 nitrogen and oxygen atoms in total. The molecule has 4 rings (SSSR count). The summed E-state index contributed by atoms with van der Waals surface area (Å²) in [4.78, 5) is 16.7. The summed E-state index contributed by atoms with van der Waals surface area (Å²) in [6.07, 6.45) is 1.62. The van der Waals surface area contributed by atoms with Crippen LogP contribution in [0.2, 0.25) is 5.02 Å². The standard InChI is InChI=1S/C17H11ClN2O3/c18-13-6-11(7-15-16(13)23-9-22-15)17(21)20-12-5-10-3-1-2-4-14(10)19-8-12/h1-8H,9H2,(H,20,21). The monoisotopic (exact) mass is 326 g/mol. The van der Waals surface area contributed by atoms with Crippen molar-refractivity contribution in [3.05, 3.63) is 59.2 Å². The van der Waals surface area contributed by atoms with E-state index in [1.807, 2.05) is 30.3 Å². The molecule has 114 valence electrons. The first-order valence-electron chi connectivity index (χ1n) is 6.96. The van der Waals surface area contributed by atoms with Crippen LogP contribution in [0.1, 0.15) is 10.4 Å². The minimum atomic E-state index is -0.290. The molecule has 1 N–H and O–H groups in total. The number of hydrogen-bond acceptors (Lipinski definition) is 4. The second-order valence-electron chi connectivity index (χ2n) is 5.06. The van der Waals surface area contributed by atoms with Crippen molar-refractivity contribution < 1.29 is 14.3 Å². The summed E-state index contributed by atoms with van der Waals surface area (Å²) < 4.78 is 10.5. The predicted molar refractivity (Wildman–Crippen MR) is 87.3 cm³/mol. The number of halogens is 1. The van der Waals surface area contributed by atoms with Gasteiger partial charge < -0.3 is 14.8 Å². The quantitative estimate of drug-likeness (QED) is 0.776. The van der Waals surface area contributed by atoms with E-state index in [1.165, 1.54) is 0 Å². The molecule has 0 spiro atoms. The number of hydrogen-bond donors (Lipinski definition) is 1. The number of aromatic nitrogens is 1. The molecule has 1 aromatic heterocycles. The van der Waals surface area contributed by atoms with Crippen LogP contribution in [0.4, 0.5) is 5.69 Å². The van der Waals surface area contributed by atoms with Gasteiger partial charge in [-0.25, -0.2) is 0 Å². The van der Waals surface area contributed by atoms with Gasteiger partial charge in [0.2, 0.25) is 6.79 Å². The van der Waals surface area contributed by atoms with Gasteiger partial charge in [-0.1, -0.05) is 29.8 Å². The zero-order chi connectivity index (χ0) is 15.8. The maximum absolute atomic E-state index is 12.4. The molecule has 1 aliphatic heterocycles. The lowest BCUT2D eigenvalue weighted by Crippen LogP contribution is -2.12. The molecular formula is C17H11ClN2O3. The van der Waals surface area contributed by atoms with Gasteiger partial charge in [0.05, 0.1) is 22.4 Å². The third-order valence-corrected chi connectivity index (χ3v) is 3.82. The van der Waals surface area contributed by atoms with E-state index in [-0.39, 0.29) is 12.7 Å². The maximum Gasteiger partial charge on any atom is 0.255 e. The van der Waals surface area contributed by atoms with Gasteiger partial charge in [-0.3, -0.25) is 9.78 Å². The Bertz CT molecular complexity index is 927. The predicted octanol–water partition coefficient (Wildman–Crippen LogP) is 3.87. The number of carbonyl (C=O) groups is 1. The molecule has 0 unspecified atom stereocenters. The molecule has 0 bridgehead atoms. The van der Waals surface area contributed by atoms with E-state index in [1.54, 1.807) is 18.3 Å². The van der Waals surface area contributed by atoms with Gasteiger partial charge in [-0.15, -0.1) is 0 Å². The molecule has 2 heterocycles. The topological polar surface area (TPSA) is 60.5 Å². The summed E-state index contributed by atoms with van der Waals surface area (Å²) in [5.41, 5.74) is 1.88. The van der Waals surface area contributed by atoms with E-state index in [9.17, 15) is 4.79 Å². The summed E-state index contributed by atoms with van der Waals surface area (Å²) in [6.45, 7) is 0.106. The molecule has 1 aliphatic rings. The summed E-state index contributed by atoms with van der Waals surface area (Å²) in [5, 5.41) is 4.11. The Kier molecular flexibility index (Phi) is 3.28. The molecule has 3 aromatic rings. The third-order valence-electron chi connectivity index (χ3n) is 3.54. The van der Waals surface area contributed by atoms with Crippen molar-refractivity contribution in [2.45, 2.75) is 0 Å². The van der Waals surface area contributed by atoms with Gasteiger partial charge in [-0.2, -0.15) is 0 Å². The van der Waals surface area contributed by atoms with E-state index in [2.05, 4.69) is 10.3 Å². The lowest BCUT2D eigenvalue weighted by molar-refractivity contribution is 0.102. The Hall–Kier alpha value is -2.79. The third kappa shape index (κ3) is 2.55. The molecule has 6 heteroatoms. The highest BCUT2D eigenvalue weighted by Crippen LogP contribution is 2.39. The number of rotatable bonds is 2.